The molecule has 2 heterocycles. The quantitative estimate of drug-likeness (QED) is 0.861. The molecule has 0 aliphatic rings. The van der Waals surface area contributed by atoms with Gasteiger partial charge in [0.2, 0.25) is 5.89 Å². The van der Waals surface area contributed by atoms with Gasteiger partial charge in [0.05, 0.1) is 11.9 Å². The Morgan fingerprint density at radius 2 is 2.30 bits per heavy atom. The van der Waals surface area contributed by atoms with Crippen LogP contribution in [0.2, 0.25) is 0 Å². The zero-order valence-corrected chi connectivity index (χ0v) is 13.0. The molecule has 108 valence electrons. The van der Waals surface area contributed by atoms with Crippen LogP contribution >= 0.6 is 15.9 Å². The van der Waals surface area contributed by atoms with Crippen molar-refractivity contribution in [1.82, 2.24) is 19.9 Å². The highest BCUT2D eigenvalue weighted by molar-refractivity contribution is 9.10. The fraction of sp³-hybridized carbons (Fsp3) is 0.500. The van der Waals surface area contributed by atoms with Gasteiger partial charge in [-0.15, -0.1) is 0 Å². The predicted molar refractivity (Wildman–Crippen MR) is 77.7 cm³/mol. The Morgan fingerprint density at radius 1 is 1.50 bits per heavy atom. The van der Waals surface area contributed by atoms with Crippen LogP contribution in [0.3, 0.4) is 0 Å². The van der Waals surface area contributed by atoms with Crippen molar-refractivity contribution in [2.75, 3.05) is 11.9 Å². The summed E-state index contributed by atoms with van der Waals surface area (Å²) < 4.78 is 6.82. The van der Waals surface area contributed by atoms with Crippen LogP contribution < -0.4 is 10.9 Å². The van der Waals surface area contributed by atoms with E-state index in [0.717, 1.165) is 6.42 Å². The molecule has 7 nitrogen and oxygen atoms in total. The average Bonchev–Trinajstić information content (AvgIpc) is 2.84. The molecule has 0 aliphatic heterocycles. The summed E-state index contributed by atoms with van der Waals surface area (Å²) in [6, 6.07) is 0. The van der Waals surface area contributed by atoms with Crippen molar-refractivity contribution in [2.24, 2.45) is 0 Å². The van der Waals surface area contributed by atoms with Crippen molar-refractivity contribution in [1.29, 1.82) is 0 Å². The van der Waals surface area contributed by atoms with Crippen LogP contribution in [-0.4, -0.2) is 26.5 Å². The molecule has 8 heteroatoms. The monoisotopic (exact) mass is 341 g/mol. The minimum atomic E-state index is -0.132. The molecule has 0 bridgehead atoms. The first-order valence-corrected chi connectivity index (χ1v) is 7.19. The largest absolute Gasteiger partial charge is 0.382 e. The standard InChI is InChI=1S/C12H16BrN5O2/c1-3-6-18-12(19)11(13)9(7-15-18)14-5-4-10-16-8(2)20-17-10/h7,14H,3-6H2,1-2H3. The average molecular weight is 342 g/mol. The second kappa shape index (κ2) is 6.65. The van der Waals surface area contributed by atoms with Gasteiger partial charge in [-0.25, -0.2) is 4.68 Å². The molecule has 0 spiro atoms. The highest BCUT2D eigenvalue weighted by Crippen LogP contribution is 2.16. The molecule has 0 saturated heterocycles. The van der Waals surface area contributed by atoms with Crippen molar-refractivity contribution in [3.05, 3.63) is 32.7 Å². The number of aromatic nitrogens is 4. The predicted octanol–water partition coefficient (Wildman–Crippen LogP) is 1.76. The number of nitrogens with zero attached hydrogens (tertiary/aromatic N) is 4. The van der Waals surface area contributed by atoms with Gasteiger partial charge in [0.25, 0.3) is 5.56 Å². The van der Waals surface area contributed by atoms with Crippen molar-refractivity contribution in [3.63, 3.8) is 0 Å². The maximum absolute atomic E-state index is 12.0. The third kappa shape index (κ3) is 3.44. The van der Waals surface area contributed by atoms with Gasteiger partial charge < -0.3 is 9.84 Å². The highest BCUT2D eigenvalue weighted by Gasteiger charge is 2.08. The summed E-state index contributed by atoms with van der Waals surface area (Å²) in [5.41, 5.74) is 0.537. The van der Waals surface area contributed by atoms with E-state index < -0.39 is 0 Å². The highest BCUT2D eigenvalue weighted by atomic mass is 79.9. The lowest BCUT2D eigenvalue weighted by molar-refractivity contribution is 0.387. The molecule has 1 N–H and O–H groups in total. The maximum Gasteiger partial charge on any atom is 0.283 e. The number of aryl methyl sites for hydroxylation is 2. The molecule has 2 rings (SSSR count). The van der Waals surface area contributed by atoms with Crippen LogP contribution in [0.5, 0.6) is 0 Å². The Morgan fingerprint density at radius 3 is 2.95 bits per heavy atom. The smallest absolute Gasteiger partial charge is 0.283 e. The molecule has 0 aromatic carbocycles. The first kappa shape index (κ1) is 14.7. The summed E-state index contributed by atoms with van der Waals surface area (Å²) in [5.74, 6) is 1.18. The molecule has 0 saturated carbocycles. The normalized spacial score (nSPS) is 10.8. The summed E-state index contributed by atoms with van der Waals surface area (Å²) in [7, 11) is 0. The fourth-order valence-corrected chi connectivity index (χ4v) is 2.16. The van der Waals surface area contributed by atoms with Gasteiger partial charge in [0.15, 0.2) is 5.82 Å². The Bertz CT molecular complexity index is 637. The Kier molecular flexibility index (Phi) is 4.89. The molecule has 0 atom stereocenters. The van der Waals surface area contributed by atoms with E-state index in [0.29, 0.717) is 41.4 Å². The van der Waals surface area contributed by atoms with Crippen molar-refractivity contribution >= 4 is 21.6 Å². The molecular formula is C12H16BrN5O2. The van der Waals surface area contributed by atoms with E-state index in [9.17, 15) is 4.79 Å². The van der Waals surface area contributed by atoms with Crippen LogP contribution in [0.15, 0.2) is 20.0 Å². The van der Waals surface area contributed by atoms with Gasteiger partial charge in [-0.05, 0) is 22.4 Å². The van der Waals surface area contributed by atoms with Gasteiger partial charge in [0, 0.05) is 26.4 Å². The van der Waals surface area contributed by atoms with Crippen LogP contribution in [0.25, 0.3) is 0 Å². The minimum absolute atomic E-state index is 0.132. The molecule has 0 amide bonds. The summed E-state index contributed by atoms with van der Waals surface area (Å²) in [6.45, 7) is 4.95. The number of anilines is 1. The van der Waals surface area contributed by atoms with Gasteiger partial charge in [-0.1, -0.05) is 12.1 Å². The lowest BCUT2D eigenvalue weighted by atomic mass is 10.3. The number of nitrogens with one attached hydrogen (secondary N) is 1. The third-order valence-electron chi connectivity index (χ3n) is 2.65. The maximum atomic E-state index is 12.0. The molecule has 0 radical (unpaired) electrons. The van der Waals surface area contributed by atoms with E-state index in [1.54, 1.807) is 13.1 Å². The zero-order chi connectivity index (χ0) is 14.5. The second-order valence-corrected chi connectivity index (χ2v) is 5.10. The fourth-order valence-electron chi connectivity index (χ4n) is 1.71. The zero-order valence-electron chi connectivity index (χ0n) is 11.4. The lowest BCUT2D eigenvalue weighted by Crippen LogP contribution is -2.24. The van der Waals surface area contributed by atoms with E-state index in [-0.39, 0.29) is 5.56 Å². The van der Waals surface area contributed by atoms with Crippen molar-refractivity contribution < 1.29 is 4.52 Å². The van der Waals surface area contributed by atoms with Gasteiger partial charge in [0.1, 0.15) is 4.47 Å². The summed E-state index contributed by atoms with van der Waals surface area (Å²) in [4.78, 5) is 16.1. The summed E-state index contributed by atoms with van der Waals surface area (Å²) >= 11 is 3.31. The number of hydrogen-bond donors (Lipinski definition) is 1. The summed E-state index contributed by atoms with van der Waals surface area (Å²) in [5, 5.41) is 11.1. The van der Waals surface area contributed by atoms with E-state index in [1.165, 1.54) is 4.68 Å². The lowest BCUT2D eigenvalue weighted by Gasteiger charge is -2.09. The molecule has 0 aliphatic carbocycles. The number of halogens is 1. The van der Waals surface area contributed by atoms with E-state index in [2.05, 4.69) is 36.5 Å². The molecule has 20 heavy (non-hydrogen) atoms. The molecule has 2 aromatic heterocycles. The van der Waals surface area contributed by atoms with Crippen LogP contribution in [-0.2, 0) is 13.0 Å². The first-order valence-electron chi connectivity index (χ1n) is 6.40. The Balaban J connectivity index is 1.99. The molecule has 0 fully saturated rings. The number of hydrogen-bond acceptors (Lipinski definition) is 6. The van der Waals surface area contributed by atoms with E-state index >= 15 is 0 Å². The minimum Gasteiger partial charge on any atom is -0.382 e. The molecule has 2 aromatic rings. The SMILES string of the molecule is CCCn1ncc(NCCc2noc(C)n2)c(Br)c1=O. The Hall–Kier alpha value is -1.70. The van der Waals surface area contributed by atoms with Crippen LogP contribution in [0, 0.1) is 6.92 Å². The van der Waals surface area contributed by atoms with E-state index in [1.807, 2.05) is 6.92 Å². The second-order valence-electron chi connectivity index (χ2n) is 4.31. The topological polar surface area (TPSA) is 85.8 Å². The van der Waals surface area contributed by atoms with Gasteiger partial charge in [-0.3, -0.25) is 4.79 Å². The Labute approximate surface area is 124 Å². The van der Waals surface area contributed by atoms with Gasteiger partial charge >= 0.3 is 0 Å². The van der Waals surface area contributed by atoms with Gasteiger partial charge in [-0.2, -0.15) is 10.1 Å². The van der Waals surface area contributed by atoms with Crippen LogP contribution in [0.4, 0.5) is 5.69 Å². The first-order chi connectivity index (χ1) is 9.61. The summed E-state index contributed by atoms with van der Waals surface area (Å²) in [6.07, 6.45) is 3.12. The van der Waals surface area contributed by atoms with Crippen molar-refractivity contribution in [3.8, 4) is 0 Å². The van der Waals surface area contributed by atoms with Crippen molar-refractivity contribution in [2.45, 2.75) is 33.2 Å². The number of rotatable bonds is 6. The molecule has 0 unspecified atom stereocenters. The molecular weight excluding hydrogens is 326 g/mol. The van der Waals surface area contributed by atoms with Crippen LogP contribution in [0.1, 0.15) is 25.1 Å². The third-order valence-corrected chi connectivity index (χ3v) is 3.42. The van der Waals surface area contributed by atoms with E-state index in [4.69, 9.17) is 4.52 Å².